The van der Waals surface area contributed by atoms with Crippen molar-refractivity contribution in [2.24, 2.45) is 0 Å². The predicted molar refractivity (Wildman–Crippen MR) is 53.1 cm³/mol. The minimum Gasteiger partial charge on any atom is -0.264 e. The van der Waals surface area contributed by atoms with Gasteiger partial charge in [0, 0.05) is 18.8 Å². The summed E-state index contributed by atoms with van der Waals surface area (Å²) in [6.45, 7) is 0. The Morgan fingerprint density at radius 3 is 2.43 bits per heavy atom. The van der Waals surface area contributed by atoms with Gasteiger partial charge < -0.3 is 0 Å². The number of hydrogen-bond donors (Lipinski definition) is 0. The fourth-order valence-corrected chi connectivity index (χ4v) is 1.21. The molecule has 2 heteroatoms. The molecule has 0 spiro atoms. The van der Waals surface area contributed by atoms with Gasteiger partial charge in [0.15, 0.2) is 0 Å². The van der Waals surface area contributed by atoms with Crippen molar-refractivity contribution >= 4 is 0 Å². The number of rotatable bonds is 2. The molecule has 69 valence electrons. The van der Waals surface area contributed by atoms with E-state index in [4.69, 9.17) is 0 Å². The van der Waals surface area contributed by atoms with Crippen LogP contribution in [0.1, 0.15) is 11.1 Å². The molecule has 0 fully saturated rings. The maximum absolute atomic E-state index is 12.6. The molecule has 0 amide bonds. The standard InChI is InChI=1S/C12H9FN/c13-12-5-3-10(4-6-12)8-11-2-1-7-14-9-11/h1-9H. The normalized spacial score (nSPS) is 10.1. The Bertz CT molecular complexity index is 394. The molecule has 0 aliphatic carbocycles. The van der Waals surface area contributed by atoms with Crippen molar-refractivity contribution in [3.63, 3.8) is 0 Å². The van der Waals surface area contributed by atoms with Crippen LogP contribution in [0.5, 0.6) is 0 Å². The number of halogens is 1. The maximum Gasteiger partial charge on any atom is 0.123 e. The van der Waals surface area contributed by atoms with Crippen molar-refractivity contribution in [3.8, 4) is 0 Å². The van der Waals surface area contributed by atoms with Crippen LogP contribution in [-0.2, 0) is 0 Å². The van der Waals surface area contributed by atoms with Crippen LogP contribution >= 0.6 is 0 Å². The van der Waals surface area contributed by atoms with Crippen LogP contribution in [0.15, 0.2) is 48.8 Å². The Morgan fingerprint density at radius 2 is 1.79 bits per heavy atom. The van der Waals surface area contributed by atoms with E-state index in [1.165, 1.54) is 12.1 Å². The zero-order valence-electron chi connectivity index (χ0n) is 7.52. The number of benzene rings is 1. The molecule has 2 aromatic rings. The quantitative estimate of drug-likeness (QED) is 0.702. The zero-order chi connectivity index (χ0) is 9.80. The average molecular weight is 186 g/mol. The summed E-state index contributed by atoms with van der Waals surface area (Å²) in [7, 11) is 0. The second-order valence-electron chi connectivity index (χ2n) is 2.98. The van der Waals surface area contributed by atoms with Crippen LogP contribution in [0.2, 0.25) is 0 Å². The molecule has 1 radical (unpaired) electrons. The summed E-state index contributed by atoms with van der Waals surface area (Å²) in [6, 6.07) is 10.2. The van der Waals surface area contributed by atoms with Gasteiger partial charge in [0.25, 0.3) is 0 Å². The largest absolute Gasteiger partial charge is 0.264 e. The molecule has 0 aliphatic heterocycles. The minimum atomic E-state index is -0.215. The summed E-state index contributed by atoms with van der Waals surface area (Å²) in [4.78, 5) is 3.99. The Morgan fingerprint density at radius 1 is 1.00 bits per heavy atom. The number of pyridine rings is 1. The van der Waals surface area contributed by atoms with Gasteiger partial charge >= 0.3 is 0 Å². The lowest BCUT2D eigenvalue weighted by molar-refractivity contribution is 0.627. The van der Waals surface area contributed by atoms with Crippen molar-refractivity contribution in [1.29, 1.82) is 0 Å². The molecule has 0 unspecified atom stereocenters. The topological polar surface area (TPSA) is 12.9 Å². The number of nitrogens with zero attached hydrogens (tertiary/aromatic N) is 1. The Labute approximate surface area is 82.2 Å². The lowest BCUT2D eigenvalue weighted by atomic mass is 10.1. The first kappa shape index (κ1) is 8.88. The third-order valence-corrected chi connectivity index (χ3v) is 1.89. The van der Waals surface area contributed by atoms with Gasteiger partial charge in [-0.3, -0.25) is 4.98 Å². The van der Waals surface area contributed by atoms with Crippen molar-refractivity contribution in [2.45, 2.75) is 0 Å². The van der Waals surface area contributed by atoms with Gasteiger partial charge in [-0.25, -0.2) is 4.39 Å². The highest BCUT2D eigenvalue weighted by molar-refractivity contribution is 5.34. The molecule has 2 rings (SSSR count). The molecule has 0 aliphatic rings. The molecular formula is C12H9FN. The van der Waals surface area contributed by atoms with Crippen LogP contribution in [0.25, 0.3) is 0 Å². The highest BCUT2D eigenvalue weighted by atomic mass is 19.1. The first-order valence-electron chi connectivity index (χ1n) is 4.35. The number of aromatic nitrogens is 1. The van der Waals surface area contributed by atoms with Gasteiger partial charge in [-0.15, -0.1) is 0 Å². The Balaban J connectivity index is 2.16. The predicted octanol–water partition coefficient (Wildman–Crippen LogP) is 2.82. The smallest absolute Gasteiger partial charge is 0.123 e. The first-order chi connectivity index (χ1) is 6.84. The molecule has 1 heterocycles. The Hall–Kier alpha value is -1.70. The summed E-state index contributed by atoms with van der Waals surface area (Å²) in [5, 5.41) is 0. The van der Waals surface area contributed by atoms with E-state index in [2.05, 4.69) is 4.98 Å². The van der Waals surface area contributed by atoms with Crippen LogP contribution < -0.4 is 0 Å². The molecular weight excluding hydrogens is 177 g/mol. The van der Waals surface area contributed by atoms with Gasteiger partial charge in [-0.2, -0.15) is 0 Å². The van der Waals surface area contributed by atoms with E-state index in [1.807, 2.05) is 18.6 Å². The lowest BCUT2D eigenvalue weighted by Crippen LogP contribution is -1.85. The second-order valence-corrected chi connectivity index (χ2v) is 2.98. The van der Waals surface area contributed by atoms with Gasteiger partial charge in [0.2, 0.25) is 0 Å². The molecule has 0 N–H and O–H groups in total. The van der Waals surface area contributed by atoms with Gasteiger partial charge in [-0.05, 0) is 29.3 Å². The SMILES string of the molecule is Fc1ccc([CH]c2cccnc2)cc1. The summed E-state index contributed by atoms with van der Waals surface area (Å²) in [5.74, 6) is -0.215. The molecule has 0 saturated heterocycles. The highest BCUT2D eigenvalue weighted by Crippen LogP contribution is 2.10. The van der Waals surface area contributed by atoms with Crippen molar-refractivity contribution in [1.82, 2.24) is 4.98 Å². The van der Waals surface area contributed by atoms with E-state index in [0.717, 1.165) is 11.1 Å². The van der Waals surface area contributed by atoms with E-state index in [-0.39, 0.29) is 5.82 Å². The van der Waals surface area contributed by atoms with Crippen molar-refractivity contribution < 1.29 is 4.39 Å². The third kappa shape index (κ3) is 2.16. The molecule has 1 aromatic carbocycles. The van der Waals surface area contributed by atoms with Crippen LogP contribution in [0, 0.1) is 12.2 Å². The monoisotopic (exact) mass is 186 g/mol. The van der Waals surface area contributed by atoms with Crippen LogP contribution in [0.4, 0.5) is 4.39 Å². The van der Waals surface area contributed by atoms with E-state index in [1.54, 1.807) is 24.5 Å². The molecule has 0 bridgehead atoms. The van der Waals surface area contributed by atoms with Gasteiger partial charge in [-0.1, -0.05) is 18.2 Å². The lowest BCUT2D eigenvalue weighted by Gasteiger charge is -1.99. The fraction of sp³-hybridized carbons (Fsp3) is 0. The second kappa shape index (κ2) is 4.01. The van der Waals surface area contributed by atoms with Crippen LogP contribution in [0.3, 0.4) is 0 Å². The minimum absolute atomic E-state index is 0.215. The van der Waals surface area contributed by atoms with E-state index >= 15 is 0 Å². The summed E-state index contributed by atoms with van der Waals surface area (Å²) in [5.41, 5.74) is 1.98. The maximum atomic E-state index is 12.6. The molecule has 0 atom stereocenters. The Kier molecular flexibility index (Phi) is 2.54. The van der Waals surface area contributed by atoms with Crippen LogP contribution in [-0.4, -0.2) is 4.98 Å². The fourth-order valence-electron chi connectivity index (χ4n) is 1.21. The molecule has 1 nitrogen and oxygen atoms in total. The summed E-state index contributed by atoms with van der Waals surface area (Å²) >= 11 is 0. The molecule has 0 saturated carbocycles. The van der Waals surface area contributed by atoms with Crippen molar-refractivity contribution in [3.05, 3.63) is 72.2 Å². The summed E-state index contributed by atoms with van der Waals surface area (Å²) < 4.78 is 12.6. The highest BCUT2D eigenvalue weighted by Gasteiger charge is 1.96. The first-order valence-corrected chi connectivity index (χ1v) is 4.35. The van der Waals surface area contributed by atoms with E-state index in [0.29, 0.717) is 0 Å². The van der Waals surface area contributed by atoms with Crippen molar-refractivity contribution in [2.75, 3.05) is 0 Å². The van der Waals surface area contributed by atoms with E-state index < -0.39 is 0 Å². The number of hydrogen-bond acceptors (Lipinski definition) is 1. The molecule has 14 heavy (non-hydrogen) atoms. The average Bonchev–Trinajstić information content (AvgIpc) is 2.23. The third-order valence-electron chi connectivity index (χ3n) is 1.89. The molecule has 1 aromatic heterocycles. The summed E-state index contributed by atoms with van der Waals surface area (Å²) in [6.07, 6.45) is 5.44. The zero-order valence-corrected chi connectivity index (χ0v) is 7.52. The van der Waals surface area contributed by atoms with E-state index in [9.17, 15) is 4.39 Å². The van der Waals surface area contributed by atoms with Gasteiger partial charge in [0.05, 0.1) is 0 Å². The van der Waals surface area contributed by atoms with Gasteiger partial charge in [0.1, 0.15) is 5.82 Å².